The van der Waals surface area contributed by atoms with E-state index in [1.54, 1.807) is 0 Å². The third-order valence-corrected chi connectivity index (χ3v) is 4.56. The Labute approximate surface area is 116 Å². The number of carboxylic acids is 1. The molecule has 0 unspecified atom stereocenters. The van der Waals surface area contributed by atoms with Crippen LogP contribution in [-0.2, 0) is 17.9 Å². The molecule has 0 spiro atoms. The molecule has 7 heteroatoms. The molecule has 1 heterocycles. The van der Waals surface area contributed by atoms with Gasteiger partial charge in [-0.1, -0.05) is 31.5 Å². The third kappa shape index (κ3) is 3.48. The van der Waals surface area contributed by atoms with E-state index in [9.17, 15) is 9.90 Å². The van der Waals surface area contributed by atoms with Gasteiger partial charge in [-0.25, -0.2) is 0 Å². The van der Waals surface area contributed by atoms with Gasteiger partial charge in [-0.2, -0.15) is 0 Å². The number of aliphatic carboxylic acids is 1. The average Bonchev–Trinajstić information content (AvgIpc) is 2.94. The fraction of sp³-hybridized carbons (Fsp3) is 0.750. The number of thioether (sulfide) groups is 1. The first kappa shape index (κ1) is 14.3. The highest BCUT2D eigenvalue weighted by Gasteiger charge is 2.31. The Bertz CT molecular complexity index is 455. The van der Waals surface area contributed by atoms with Crippen LogP contribution in [0.4, 0.5) is 0 Å². The number of hydrogen-bond donors (Lipinski definition) is 2. The Balaban J connectivity index is 2.16. The van der Waals surface area contributed by atoms with E-state index >= 15 is 0 Å². The molecule has 1 aliphatic rings. The van der Waals surface area contributed by atoms with Crippen molar-refractivity contribution in [2.45, 2.75) is 50.9 Å². The van der Waals surface area contributed by atoms with E-state index < -0.39 is 5.97 Å². The van der Waals surface area contributed by atoms with Crippen molar-refractivity contribution < 1.29 is 15.0 Å². The Morgan fingerprint density at radius 2 is 2.11 bits per heavy atom. The van der Waals surface area contributed by atoms with Gasteiger partial charge in [-0.3, -0.25) is 4.79 Å². The number of aliphatic hydroxyl groups is 1. The summed E-state index contributed by atoms with van der Waals surface area (Å²) in [5, 5.41) is 26.6. The van der Waals surface area contributed by atoms with Crippen molar-refractivity contribution in [3.63, 3.8) is 0 Å². The predicted octanol–water partition coefficient (Wildman–Crippen LogP) is 1.53. The summed E-state index contributed by atoms with van der Waals surface area (Å²) < 4.78 is 1.87. The maximum atomic E-state index is 10.6. The second-order valence-corrected chi connectivity index (χ2v) is 6.29. The minimum absolute atomic E-state index is 0.0414. The summed E-state index contributed by atoms with van der Waals surface area (Å²) in [5.74, 6) is -0.404. The van der Waals surface area contributed by atoms with Crippen LogP contribution in [0.1, 0.15) is 38.4 Å². The zero-order chi connectivity index (χ0) is 13.9. The van der Waals surface area contributed by atoms with E-state index in [2.05, 4.69) is 17.1 Å². The summed E-state index contributed by atoms with van der Waals surface area (Å²) >= 11 is 1.15. The van der Waals surface area contributed by atoms with E-state index in [4.69, 9.17) is 5.11 Å². The number of aromatic nitrogens is 3. The quantitative estimate of drug-likeness (QED) is 0.771. The van der Waals surface area contributed by atoms with Gasteiger partial charge < -0.3 is 14.8 Å². The lowest BCUT2D eigenvalue weighted by atomic mass is 9.89. The summed E-state index contributed by atoms with van der Waals surface area (Å²) in [6, 6.07) is 0. The first-order valence-corrected chi connectivity index (χ1v) is 7.40. The summed E-state index contributed by atoms with van der Waals surface area (Å²) in [4.78, 5) is 10.6. The number of nitrogens with zero attached hydrogens (tertiary/aromatic N) is 3. The highest BCUT2D eigenvalue weighted by Crippen LogP contribution is 2.39. The van der Waals surface area contributed by atoms with Gasteiger partial charge in [0.05, 0.1) is 5.75 Å². The predicted molar refractivity (Wildman–Crippen MR) is 70.9 cm³/mol. The third-order valence-electron chi connectivity index (χ3n) is 3.61. The maximum absolute atomic E-state index is 10.6. The SMILES string of the molecule is CC1(Cn2c(CO)nnc2SCC(=O)O)CCCC1. The van der Waals surface area contributed by atoms with Crippen molar-refractivity contribution >= 4 is 17.7 Å². The van der Waals surface area contributed by atoms with Crippen molar-refractivity contribution in [3.05, 3.63) is 5.82 Å². The lowest BCUT2D eigenvalue weighted by molar-refractivity contribution is -0.133. The van der Waals surface area contributed by atoms with Gasteiger partial charge in [0.2, 0.25) is 0 Å². The standard InChI is InChI=1S/C12H19N3O3S/c1-12(4-2-3-5-12)8-15-9(6-16)13-14-11(15)19-7-10(17)18/h16H,2-8H2,1H3,(H,17,18). The van der Waals surface area contributed by atoms with Gasteiger partial charge in [0, 0.05) is 6.54 Å². The highest BCUT2D eigenvalue weighted by molar-refractivity contribution is 7.99. The largest absolute Gasteiger partial charge is 0.481 e. The molecule has 0 bridgehead atoms. The van der Waals surface area contributed by atoms with E-state index in [1.807, 2.05) is 4.57 Å². The monoisotopic (exact) mass is 285 g/mol. The first-order chi connectivity index (χ1) is 9.04. The van der Waals surface area contributed by atoms with Gasteiger partial charge >= 0.3 is 5.97 Å². The fourth-order valence-electron chi connectivity index (χ4n) is 2.60. The summed E-state index contributed by atoms with van der Waals surface area (Å²) in [5.41, 5.74) is 0.199. The van der Waals surface area contributed by atoms with Gasteiger partial charge in [0.1, 0.15) is 6.61 Å². The molecule has 1 aromatic heterocycles. The number of rotatable bonds is 6. The van der Waals surface area contributed by atoms with E-state index in [0.717, 1.165) is 31.1 Å². The number of hydrogen-bond acceptors (Lipinski definition) is 5. The van der Waals surface area contributed by atoms with Crippen molar-refractivity contribution in [1.29, 1.82) is 0 Å². The Kier molecular flexibility index (Phi) is 4.46. The van der Waals surface area contributed by atoms with E-state index in [1.165, 1.54) is 12.8 Å². The normalized spacial score (nSPS) is 17.8. The molecule has 0 aromatic carbocycles. The van der Waals surface area contributed by atoms with Crippen LogP contribution in [0.5, 0.6) is 0 Å². The number of carbonyl (C=O) groups is 1. The summed E-state index contributed by atoms with van der Waals surface area (Å²) in [6.45, 7) is 2.81. The minimum Gasteiger partial charge on any atom is -0.481 e. The van der Waals surface area contributed by atoms with Crippen molar-refractivity contribution in [2.24, 2.45) is 5.41 Å². The van der Waals surface area contributed by atoms with Gasteiger partial charge in [0.15, 0.2) is 11.0 Å². The molecular weight excluding hydrogens is 266 g/mol. The average molecular weight is 285 g/mol. The first-order valence-electron chi connectivity index (χ1n) is 6.42. The zero-order valence-electron chi connectivity index (χ0n) is 11.0. The molecule has 0 aliphatic heterocycles. The Morgan fingerprint density at radius 3 is 2.68 bits per heavy atom. The van der Waals surface area contributed by atoms with E-state index in [0.29, 0.717) is 11.0 Å². The van der Waals surface area contributed by atoms with Crippen LogP contribution >= 0.6 is 11.8 Å². The number of carboxylic acid groups (broad SMARTS) is 1. The molecule has 1 aliphatic carbocycles. The van der Waals surface area contributed by atoms with Crippen molar-refractivity contribution in [2.75, 3.05) is 5.75 Å². The van der Waals surface area contributed by atoms with Gasteiger partial charge in [-0.15, -0.1) is 10.2 Å². The zero-order valence-corrected chi connectivity index (χ0v) is 11.8. The van der Waals surface area contributed by atoms with Gasteiger partial charge in [-0.05, 0) is 18.3 Å². The lowest BCUT2D eigenvalue weighted by Gasteiger charge is -2.25. The number of aliphatic hydroxyl groups excluding tert-OH is 1. The molecule has 1 fully saturated rings. The molecule has 2 N–H and O–H groups in total. The molecule has 19 heavy (non-hydrogen) atoms. The van der Waals surface area contributed by atoms with Crippen molar-refractivity contribution in [3.8, 4) is 0 Å². The fourth-order valence-corrected chi connectivity index (χ4v) is 3.27. The topological polar surface area (TPSA) is 88.2 Å². The van der Waals surface area contributed by atoms with Crippen LogP contribution < -0.4 is 0 Å². The van der Waals surface area contributed by atoms with Gasteiger partial charge in [0.25, 0.3) is 0 Å². The Hall–Kier alpha value is -1.08. The second kappa shape index (κ2) is 5.92. The molecule has 106 valence electrons. The molecular formula is C12H19N3O3S. The maximum Gasteiger partial charge on any atom is 0.313 e. The molecule has 0 saturated heterocycles. The van der Waals surface area contributed by atoms with Crippen LogP contribution in [0.2, 0.25) is 0 Å². The molecule has 1 saturated carbocycles. The summed E-state index contributed by atoms with van der Waals surface area (Å²) in [7, 11) is 0. The van der Waals surface area contributed by atoms with Crippen LogP contribution in [-0.4, -0.2) is 36.7 Å². The smallest absolute Gasteiger partial charge is 0.313 e. The highest BCUT2D eigenvalue weighted by atomic mass is 32.2. The van der Waals surface area contributed by atoms with Crippen LogP contribution in [0.3, 0.4) is 0 Å². The van der Waals surface area contributed by atoms with Crippen LogP contribution in [0, 0.1) is 5.41 Å². The molecule has 2 rings (SSSR count). The second-order valence-electron chi connectivity index (χ2n) is 5.34. The van der Waals surface area contributed by atoms with Crippen LogP contribution in [0.25, 0.3) is 0 Å². The molecule has 0 amide bonds. The lowest BCUT2D eigenvalue weighted by Crippen LogP contribution is -2.22. The van der Waals surface area contributed by atoms with Crippen LogP contribution in [0.15, 0.2) is 5.16 Å². The minimum atomic E-state index is -0.878. The molecule has 6 nitrogen and oxygen atoms in total. The summed E-state index contributed by atoms with van der Waals surface area (Å²) in [6.07, 6.45) is 4.76. The van der Waals surface area contributed by atoms with Crippen molar-refractivity contribution in [1.82, 2.24) is 14.8 Å². The molecule has 0 radical (unpaired) electrons. The molecule has 1 aromatic rings. The Morgan fingerprint density at radius 1 is 1.42 bits per heavy atom. The molecule has 0 atom stereocenters. The van der Waals surface area contributed by atoms with E-state index in [-0.39, 0.29) is 17.8 Å².